The molecule has 0 saturated carbocycles. The van der Waals surface area contributed by atoms with Crippen LogP contribution in [-0.4, -0.2) is 37.8 Å². The molecule has 0 bridgehead atoms. The van der Waals surface area contributed by atoms with Gasteiger partial charge < -0.3 is 4.57 Å². The van der Waals surface area contributed by atoms with E-state index in [2.05, 4.69) is 34.3 Å². The van der Waals surface area contributed by atoms with Crippen LogP contribution in [0.1, 0.15) is 21.5 Å². The number of nitrogens with zero attached hydrogens (tertiary/aromatic N) is 4. The van der Waals surface area contributed by atoms with Gasteiger partial charge in [0, 0.05) is 31.3 Å². The maximum atomic E-state index is 14.5. The molecule has 10 heteroatoms. The first kappa shape index (κ1) is 24.5. The van der Waals surface area contributed by atoms with E-state index < -0.39 is 17.5 Å². The van der Waals surface area contributed by atoms with Gasteiger partial charge in [-0.25, -0.2) is 14.3 Å². The number of hydrogen-bond donors (Lipinski definition) is 2. The lowest BCUT2D eigenvalue weighted by Gasteiger charge is -2.17. The van der Waals surface area contributed by atoms with Crippen molar-refractivity contribution in [3.8, 4) is 11.4 Å². The van der Waals surface area contributed by atoms with E-state index >= 15 is 0 Å². The highest BCUT2D eigenvalue weighted by atomic mass is 32.2. The van der Waals surface area contributed by atoms with E-state index in [1.807, 2.05) is 42.5 Å². The van der Waals surface area contributed by atoms with Crippen molar-refractivity contribution in [1.82, 2.24) is 25.1 Å². The lowest BCUT2D eigenvalue weighted by Crippen LogP contribution is -2.19. The van der Waals surface area contributed by atoms with Gasteiger partial charge in [0.1, 0.15) is 11.6 Å². The molecule has 0 unspecified atom stereocenters. The second-order valence-corrected chi connectivity index (χ2v) is 9.01. The number of aromatic nitrogens is 3. The molecule has 1 aromatic heterocycles. The molecule has 3 aromatic carbocycles. The molecule has 180 valence electrons. The number of hydroxylamine groups is 1. The molecule has 7 nitrogen and oxygen atoms in total. The van der Waals surface area contributed by atoms with E-state index in [1.54, 1.807) is 11.6 Å². The quantitative estimate of drug-likeness (QED) is 0.273. The summed E-state index contributed by atoms with van der Waals surface area (Å²) in [5.74, 6) is -2.34. The summed E-state index contributed by atoms with van der Waals surface area (Å²) >= 11 is 0.764. The van der Waals surface area contributed by atoms with E-state index in [9.17, 15) is 13.6 Å². The Bertz CT molecular complexity index is 1320. The maximum Gasteiger partial charge on any atom is 0.274 e. The van der Waals surface area contributed by atoms with E-state index in [-0.39, 0.29) is 15.6 Å². The van der Waals surface area contributed by atoms with Gasteiger partial charge in [-0.15, -0.1) is 10.2 Å². The minimum Gasteiger partial charge on any atom is -0.305 e. The molecule has 0 fully saturated rings. The summed E-state index contributed by atoms with van der Waals surface area (Å²) in [7, 11) is 3.77. The van der Waals surface area contributed by atoms with Crippen LogP contribution in [0.5, 0.6) is 0 Å². The van der Waals surface area contributed by atoms with Crippen LogP contribution in [0.15, 0.2) is 76.8 Å². The molecule has 0 aliphatic carbocycles. The minimum absolute atomic E-state index is 0.281. The molecule has 0 saturated heterocycles. The van der Waals surface area contributed by atoms with Crippen molar-refractivity contribution >= 4 is 17.7 Å². The number of rotatable bonds is 8. The van der Waals surface area contributed by atoms with Gasteiger partial charge in [-0.05, 0) is 48.1 Å². The van der Waals surface area contributed by atoms with E-state index in [1.165, 1.54) is 11.0 Å². The Morgan fingerprint density at radius 2 is 1.66 bits per heavy atom. The zero-order valence-corrected chi connectivity index (χ0v) is 19.9. The molecule has 0 radical (unpaired) electrons. The Hall–Kier alpha value is -3.60. The normalized spacial score (nSPS) is 11.1. The van der Waals surface area contributed by atoms with Crippen molar-refractivity contribution in [2.45, 2.75) is 23.1 Å². The first-order valence-corrected chi connectivity index (χ1v) is 11.5. The minimum atomic E-state index is -1.01. The van der Waals surface area contributed by atoms with Gasteiger partial charge in [0.05, 0.1) is 4.90 Å². The van der Waals surface area contributed by atoms with Crippen LogP contribution in [-0.2, 0) is 20.1 Å². The topological polar surface area (TPSA) is 83.3 Å². The lowest BCUT2D eigenvalue weighted by molar-refractivity contribution is 0.0705. The molecule has 0 spiro atoms. The third-order valence-electron chi connectivity index (χ3n) is 5.32. The van der Waals surface area contributed by atoms with Gasteiger partial charge in [0.15, 0.2) is 11.0 Å². The molecule has 4 rings (SSSR count). The Morgan fingerprint density at radius 3 is 2.34 bits per heavy atom. The second-order valence-electron chi connectivity index (χ2n) is 8.04. The predicted octanol–water partition coefficient (Wildman–Crippen LogP) is 4.66. The van der Waals surface area contributed by atoms with Crippen LogP contribution in [0.25, 0.3) is 11.4 Å². The maximum absolute atomic E-state index is 14.5. The fourth-order valence-electron chi connectivity index (χ4n) is 3.67. The first-order valence-electron chi connectivity index (χ1n) is 10.7. The van der Waals surface area contributed by atoms with Crippen molar-refractivity contribution in [3.63, 3.8) is 0 Å². The van der Waals surface area contributed by atoms with Crippen LogP contribution in [0, 0.1) is 11.6 Å². The molecule has 0 atom stereocenters. The molecule has 4 aromatic rings. The number of nitrogens with one attached hydrogen (secondary N) is 1. The second kappa shape index (κ2) is 10.8. The van der Waals surface area contributed by atoms with Crippen molar-refractivity contribution in [2.75, 3.05) is 7.05 Å². The van der Waals surface area contributed by atoms with E-state index in [4.69, 9.17) is 5.21 Å². The summed E-state index contributed by atoms with van der Waals surface area (Å²) in [6.07, 6.45) is 0. The third kappa shape index (κ3) is 5.73. The summed E-state index contributed by atoms with van der Waals surface area (Å²) in [4.78, 5) is 13.3. The summed E-state index contributed by atoms with van der Waals surface area (Å²) < 4.78 is 30.7. The Balaban J connectivity index is 1.52. The molecule has 0 aliphatic heterocycles. The van der Waals surface area contributed by atoms with Gasteiger partial charge in [-0.2, -0.15) is 0 Å². The van der Waals surface area contributed by atoms with Gasteiger partial charge >= 0.3 is 0 Å². The molecular formula is C25H23F2N5O2S. The highest BCUT2D eigenvalue weighted by molar-refractivity contribution is 7.99. The van der Waals surface area contributed by atoms with Crippen LogP contribution < -0.4 is 5.48 Å². The van der Waals surface area contributed by atoms with Gasteiger partial charge in [-0.3, -0.25) is 14.9 Å². The van der Waals surface area contributed by atoms with Crippen LogP contribution in [0.3, 0.4) is 0 Å². The third-order valence-corrected chi connectivity index (χ3v) is 6.46. The van der Waals surface area contributed by atoms with E-state index in [0.29, 0.717) is 5.82 Å². The predicted molar refractivity (Wildman–Crippen MR) is 128 cm³/mol. The summed E-state index contributed by atoms with van der Waals surface area (Å²) in [6, 6.07) is 19.8. The van der Waals surface area contributed by atoms with E-state index in [0.717, 1.165) is 48.1 Å². The molecule has 35 heavy (non-hydrogen) atoms. The Kier molecular flexibility index (Phi) is 7.54. The van der Waals surface area contributed by atoms with Crippen molar-refractivity contribution < 1.29 is 18.8 Å². The monoisotopic (exact) mass is 495 g/mol. The molecular weight excluding hydrogens is 472 g/mol. The van der Waals surface area contributed by atoms with Crippen LogP contribution in [0.2, 0.25) is 0 Å². The number of carbonyl (C=O) groups excluding carboxylic acids is 1. The van der Waals surface area contributed by atoms with Crippen LogP contribution >= 0.6 is 11.8 Å². The molecule has 2 N–H and O–H groups in total. The molecule has 1 heterocycles. The van der Waals surface area contributed by atoms with Crippen molar-refractivity contribution in [3.05, 3.63) is 95.1 Å². The standard InChI is InChI=1S/C25H23F2N5O2S/c1-31(14-16-7-4-3-5-8-16)15-17-9-6-10-18(11-17)23-28-29-25(32(23)2)35-22-20(26)12-19(13-21(22)27)24(33)30-34/h3-13,34H,14-15H2,1-2H3,(H,30,33). The van der Waals surface area contributed by atoms with Gasteiger partial charge in [0.2, 0.25) is 0 Å². The summed E-state index contributed by atoms with van der Waals surface area (Å²) in [5, 5.41) is 17.3. The number of halogens is 2. The number of carbonyl (C=O) groups is 1. The zero-order chi connectivity index (χ0) is 24.9. The first-order chi connectivity index (χ1) is 16.9. The summed E-state index contributed by atoms with van der Waals surface area (Å²) in [5.41, 5.74) is 4.17. The largest absolute Gasteiger partial charge is 0.305 e. The Morgan fingerprint density at radius 1 is 1.00 bits per heavy atom. The zero-order valence-electron chi connectivity index (χ0n) is 19.1. The Labute approximate surface area is 205 Å². The fraction of sp³-hybridized carbons (Fsp3) is 0.160. The fourth-order valence-corrected chi connectivity index (χ4v) is 4.47. The van der Waals surface area contributed by atoms with Gasteiger partial charge in [-0.1, -0.05) is 48.5 Å². The highest BCUT2D eigenvalue weighted by Gasteiger charge is 2.20. The SMILES string of the molecule is CN(Cc1ccccc1)Cc1cccc(-c2nnc(Sc3c(F)cc(C(=O)NO)cc3F)n2C)c1. The number of hydrogen-bond acceptors (Lipinski definition) is 6. The number of amides is 1. The molecule has 0 aliphatic rings. The average molecular weight is 496 g/mol. The summed E-state index contributed by atoms with van der Waals surface area (Å²) in [6.45, 7) is 1.54. The number of benzene rings is 3. The lowest BCUT2D eigenvalue weighted by atomic mass is 10.1. The van der Waals surface area contributed by atoms with Crippen LogP contribution in [0.4, 0.5) is 8.78 Å². The van der Waals surface area contributed by atoms with Crippen molar-refractivity contribution in [2.24, 2.45) is 7.05 Å². The highest BCUT2D eigenvalue weighted by Crippen LogP contribution is 2.33. The average Bonchev–Trinajstić information content (AvgIpc) is 3.21. The van der Waals surface area contributed by atoms with Crippen molar-refractivity contribution in [1.29, 1.82) is 0 Å². The molecule has 1 amide bonds. The van der Waals surface area contributed by atoms with Gasteiger partial charge in [0.25, 0.3) is 5.91 Å². The smallest absolute Gasteiger partial charge is 0.274 e.